The van der Waals surface area contributed by atoms with Crippen molar-refractivity contribution in [2.24, 2.45) is 0 Å². The van der Waals surface area contributed by atoms with Gasteiger partial charge in [0.05, 0.1) is 12.2 Å². The van der Waals surface area contributed by atoms with Crippen molar-refractivity contribution in [3.63, 3.8) is 0 Å². The molecule has 3 aromatic rings. The van der Waals surface area contributed by atoms with E-state index >= 15 is 0 Å². The lowest BCUT2D eigenvalue weighted by Crippen LogP contribution is -2.34. The SMILES string of the molecule is Cc1cc2c(=O)n(Cc3ccccc3B(O)O)ccn2n1. The summed E-state index contributed by atoms with van der Waals surface area (Å²) in [6.45, 7) is 2.10. The Morgan fingerprint density at radius 2 is 2.00 bits per heavy atom. The topological polar surface area (TPSA) is 79.8 Å². The maximum Gasteiger partial charge on any atom is 0.488 e. The number of aromatic nitrogens is 3. The lowest BCUT2D eigenvalue weighted by atomic mass is 9.77. The molecular weight excluding hydrogens is 269 g/mol. The van der Waals surface area contributed by atoms with Crippen LogP contribution in [0.4, 0.5) is 0 Å². The third-order valence-corrected chi connectivity index (χ3v) is 3.40. The highest BCUT2D eigenvalue weighted by Gasteiger charge is 2.16. The molecule has 7 heteroatoms. The number of aryl methyl sites for hydroxylation is 1. The van der Waals surface area contributed by atoms with Crippen molar-refractivity contribution in [1.82, 2.24) is 14.2 Å². The Morgan fingerprint density at radius 3 is 2.76 bits per heavy atom. The van der Waals surface area contributed by atoms with E-state index in [9.17, 15) is 14.8 Å². The average Bonchev–Trinajstić information content (AvgIpc) is 2.84. The molecule has 3 rings (SSSR count). The van der Waals surface area contributed by atoms with Crippen LogP contribution in [0.3, 0.4) is 0 Å². The number of hydrogen-bond acceptors (Lipinski definition) is 4. The Kier molecular flexibility index (Phi) is 3.36. The van der Waals surface area contributed by atoms with E-state index in [2.05, 4.69) is 5.10 Å². The van der Waals surface area contributed by atoms with E-state index < -0.39 is 7.12 Å². The van der Waals surface area contributed by atoms with Crippen molar-refractivity contribution >= 4 is 18.1 Å². The van der Waals surface area contributed by atoms with Gasteiger partial charge in [-0.25, -0.2) is 4.52 Å². The summed E-state index contributed by atoms with van der Waals surface area (Å²) in [4.78, 5) is 12.4. The Balaban J connectivity index is 2.06. The van der Waals surface area contributed by atoms with Crippen LogP contribution in [-0.2, 0) is 6.54 Å². The van der Waals surface area contributed by atoms with Gasteiger partial charge in [-0.1, -0.05) is 24.3 Å². The van der Waals surface area contributed by atoms with E-state index in [1.54, 1.807) is 47.2 Å². The number of fused-ring (bicyclic) bond motifs is 1. The fraction of sp³-hybridized carbons (Fsp3) is 0.143. The minimum atomic E-state index is -1.56. The van der Waals surface area contributed by atoms with E-state index in [0.29, 0.717) is 16.5 Å². The number of benzene rings is 1. The molecule has 21 heavy (non-hydrogen) atoms. The second-order valence-corrected chi connectivity index (χ2v) is 4.92. The molecule has 2 N–H and O–H groups in total. The average molecular weight is 283 g/mol. The first-order valence-corrected chi connectivity index (χ1v) is 6.55. The van der Waals surface area contributed by atoms with Gasteiger partial charge in [-0.3, -0.25) is 4.79 Å². The molecule has 6 nitrogen and oxygen atoms in total. The summed E-state index contributed by atoms with van der Waals surface area (Å²) in [7, 11) is -1.56. The van der Waals surface area contributed by atoms with Gasteiger partial charge >= 0.3 is 7.12 Å². The molecule has 0 aliphatic rings. The van der Waals surface area contributed by atoms with E-state index in [-0.39, 0.29) is 12.1 Å². The smallest absolute Gasteiger partial charge is 0.423 e. The highest BCUT2D eigenvalue weighted by atomic mass is 16.4. The van der Waals surface area contributed by atoms with E-state index in [1.165, 1.54) is 4.57 Å². The third-order valence-electron chi connectivity index (χ3n) is 3.40. The normalized spacial score (nSPS) is 11.0. The molecule has 0 fully saturated rings. The largest absolute Gasteiger partial charge is 0.488 e. The molecule has 2 aromatic heterocycles. The molecule has 0 saturated carbocycles. The predicted octanol–water partition coefficient (Wildman–Crippen LogP) is -0.467. The van der Waals surface area contributed by atoms with Gasteiger partial charge in [-0.15, -0.1) is 0 Å². The van der Waals surface area contributed by atoms with Gasteiger partial charge < -0.3 is 14.6 Å². The van der Waals surface area contributed by atoms with Gasteiger partial charge in [0.25, 0.3) is 5.56 Å². The molecule has 0 aliphatic heterocycles. The molecule has 2 heterocycles. The first kappa shape index (κ1) is 13.6. The van der Waals surface area contributed by atoms with Crippen LogP contribution >= 0.6 is 0 Å². The Morgan fingerprint density at radius 1 is 1.24 bits per heavy atom. The predicted molar refractivity (Wildman–Crippen MR) is 79.6 cm³/mol. The molecule has 106 valence electrons. The van der Waals surface area contributed by atoms with Gasteiger partial charge in [0.15, 0.2) is 0 Å². The maximum absolute atomic E-state index is 12.4. The zero-order valence-electron chi connectivity index (χ0n) is 11.5. The van der Waals surface area contributed by atoms with Gasteiger partial charge in [-0.2, -0.15) is 5.10 Å². The molecule has 0 saturated heterocycles. The minimum Gasteiger partial charge on any atom is -0.423 e. The van der Waals surface area contributed by atoms with Crippen molar-refractivity contribution in [1.29, 1.82) is 0 Å². The molecule has 0 aliphatic carbocycles. The van der Waals surface area contributed by atoms with Crippen molar-refractivity contribution in [2.75, 3.05) is 0 Å². The summed E-state index contributed by atoms with van der Waals surface area (Å²) < 4.78 is 3.07. The fourth-order valence-electron chi connectivity index (χ4n) is 2.39. The van der Waals surface area contributed by atoms with Crippen LogP contribution < -0.4 is 11.0 Å². The van der Waals surface area contributed by atoms with Crippen molar-refractivity contribution < 1.29 is 10.0 Å². The fourth-order valence-corrected chi connectivity index (χ4v) is 2.39. The van der Waals surface area contributed by atoms with Crippen molar-refractivity contribution in [2.45, 2.75) is 13.5 Å². The maximum atomic E-state index is 12.4. The second kappa shape index (κ2) is 5.19. The first-order valence-electron chi connectivity index (χ1n) is 6.55. The molecule has 1 aromatic carbocycles. The third kappa shape index (κ3) is 2.48. The highest BCUT2D eigenvalue weighted by Crippen LogP contribution is 2.03. The van der Waals surface area contributed by atoms with Gasteiger partial charge in [-0.05, 0) is 24.0 Å². The highest BCUT2D eigenvalue weighted by molar-refractivity contribution is 6.59. The van der Waals surface area contributed by atoms with E-state index in [4.69, 9.17) is 0 Å². The lowest BCUT2D eigenvalue weighted by molar-refractivity contribution is 0.425. The van der Waals surface area contributed by atoms with Gasteiger partial charge in [0.2, 0.25) is 0 Å². The molecule has 0 bridgehead atoms. The summed E-state index contributed by atoms with van der Waals surface area (Å²) in [5, 5.41) is 23.0. The minimum absolute atomic E-state index is 0.166. The summed E-state index contributed by atoms with van der Waals surface area (Å²) in [5.41, 5.74) is 2.19. The van der Waals surface area contributed by atoms with Crippen LogP contribution in [0.1, 0.15) is 11.3 Å². The Hall–Kier alpha value is -2.38. The van der Waals surface area contributed by atoms with Crippen LogP contribution in [-0.4, -0.2) is 31.3 Å². The number of hydrogen-bond donors (Lipinski definition) is 2. The number of nitrogens with zero attached hydrogens (tertiary/aromatic N) is 3. The molecule has 0 amide bonds. The lowest BCUT2D eigenvalue weighted by Gasteiger charge is -2.10. The quantitative estimate of drug-likeness (QED) is 0.637. The summed E-state index contributed by atoms with van der Waals surface area (Å²) >= 11 is 0. The summed E-state index contributed by atoms with van der Waals surface area (Å²) in [5.74, 6) is 0. The van der Waals surface area contributed by atoms with Crippen LogP contribution in [0.2, 0.25) is 0 Å². The second-order valence-electron chi connectivity index (χ2n) is 4.92. The van der Waals surface area contributed by atoms with Gasteiger partial charge in [0.1, 0.15) is 5.52 Å². The zero-order chi connectivity index (χ0) is 15.0. The molecule has 0 spiro atoms. The summed E-state index contributed by atoms with van der Waals surface area (Å²) in [6.07, 6.45) is 3.35. The van der Waals surface area contributed by atoms with Crippen LogP contribution in [0, 0.1) is 6.92 Å². The first-order chi connectivity index (χ1) is 10.1. The number of rotatable bonds is 3. The molecule has 0 atom stereocenters. The molecular formula is C14H14BN3O3. The summed E-state index contributed by atoms with van der Waals surface area (Å²) in [6, 6.07) is 8.66. The Labute approximate surface area is 121 Å². The Bertz CT molecular complexity index is 854. The van der Waals surface area contributed by atoms with Gasteiger partial charge in [0, 0.05) is 12.4 Å². The van der Waals surface area contributed by atoms with E-state index in [0.717, 1.165) is 5.69 Å². The van der Waals surface area contributed by atoms with Crippen LogP contribution in [0.15, 0.2) is 47.5 Å². The van der Waals surface area contributed by atoms with Crippen molar-refractivity contribution in [3.8, 4) is 0 Å². The molecule has 0 unspecified atom stereocenters. The standard InChI is InChI=1S/C14H14BN3O3/c1-10-8-13-14(19)17(6-7-18(13)16-10)9-11-4-2-3-5-12(11)15(20)21/h2-8,20-21H,9H2,1H3. The van der Waals surface area contributed by atoms with Crippen molar-refractivity contribution in [3.05, 3.63) is 64.3 Å². The molecule has 0 radical (unpaired) electrons. The van der Waals surface area contributed by atoms with E-state index in [1.807, 2.05) is 6.92 Å². The monoisotopic (exact) mass is 283 g/mol. The van der Waals surface area contributed by atoms with Crippen LogP contribution in [0.25, 0.3) is 5.52 Å². The zero-order valence-corrected chi connectivity index (χ0v) is 11.5. The van der Waals surface area contributed by atoms with Crippen LogP contribution in [0.5, 0.6) is 0 Å².